The molecule has 1 unspecified atom stereocenters. The lowest BCUT2D eigenvalue weighted by Crippen LogP contribution is -2.45. The lowest BCUT2D eigenvalue weighted by molar-refractivity contribution is 0.0601. The van der Waals surface area contributed by atoms with Crippen LogP contribution < -0.4 is 9.46 Å². The van der Waals surface area contributed by atoms with Crippen molar-refractivity contribution in [3.05, 3.63) is 65.2 Å². The summed E-state index contributed by atoms with van der Waals surface area (Å²) in [6.45, 7) is 11.3. The minimum atomic E-state index is -3.92. The van der Waals surface area contributed by atoms with Crippen LogP contribution in [0.1, 0.15) is 62.6 Å². The lowest BCUT2D eigenvalue weighted by atomic mass is 9.63. The first kappa shape index (κ1) is 28.6. The highest BCUT2D eigenvalue weighted by Crippen LogP contribution is 2.48. The van der Waals surface area contributed by atoms with E-state index in [1.165, 1.54) is 0 Å². The van der Waals surface area contributed by atoms with E-state index in [0.29, 0.717) is 30.1 Å². The predicted octanol–water partition coefficient (Wildman–Crippen LogP) is 6.43. The number of aryl methyl sites for hydroxylation is 2. The number of nitrogens with zero attached hydrogens (tertiary/aromatic N) is 3. The van der Waals surface area contributed by atoms with Gasteiger partial charge < -0.3 is 9.64 Å². The molecule has 1 aliphatic carbocycles. The van der Waals surface area contributed by atoms with Crippen molar-refractivity contribution in [3.63, 3.8) is 0 Å². The normalized spacial score (nSPS) is 24.2. The van der Waals surface area contributed by atoms with Gasteiger partial charge in [-0.1, -0.05) is 51.1 Å². The number of ether oxygens (including phenoxy) is 1. The molecule has 7 nitrogen and oxygen atoms in total. The van der Waals surface area contributed by atoms with Gasteiger partial charge in [-0.2, -0.15) is 4.98 Å². The molecule has 0 radical (unpaired) electrons. The minimum absolute atomic E-state index is 0.0119. The standard InChI is InChI=1S/C32H42N4O3S/c1-20-10-8-11-21(2)29(20)27-17-28-34-31(33-27)35-40(37,38)26-13-9-12-22(16-26)30(23-14-25(15-23)36(6)7)24(19-39-28)18-32(3,4)5/h8-13,16-17,23-25,30H,14-15,18-19H2,1-7H3,(H,33,34,35)/t23?,24-,25?,30?/m1/s1. The summed E-state index contributed by atoms with van der Waals surface area (Å²) >= 11 is 0. The number of anilines is 1. The summed E-state index contributed by atoms with van der Waals surface area (Å²) in [4.78, 5) is 11.7. The van der Waals surface area contributed by atoms with Crippen LogP contribution in [-0.4, -0.2) is 50.0 Å². The Labute approximate surface area is 239 Å². The third kappa shape index (κ3) is 6.03. The average molecular weight is 563 g/mol. The SMILES string of the molecule is Cc1cccc(C)c1-c1cc2nc(n1)NS(=O)(=O)c1cccc(c1)C(C1CC(N(C)C)C1)[C@H](CC(C)(C)C)CO2. The Balaban J connectivity index is 1.64. The van der Waals surface area contributed by atoms with Gasteiger partial charge in [0, 0.05) is 23.6 Å². The van der Waals surface area contributed by atoms with Crippen LogP contribution in [0.15, 0.2) is 53.4 Å². The molecule has 1 aromatic heterocycles. The predicted molar refractivity (Wildman–Crippen MR) is 160 cm³/mol. The minimum Gasteiger partial charge on any atom is -0.477 e. The quantitative estimate of drug-likeness (QED) is 0.395. The van der Waals surface area contributed by atoms with Crippen LogP contribution in [0, 0.1) is 31.1 Å². The maximum absolute atomic E-state index is 13.6. The summed E-state index contributed by atoms with van der Waals surface area (Å²) in [5.41, 5.74) is 4.83. The Hall–Kier alpha value is -2.97. The van der Waals surface area contributed by atoms with Crippen LogP contribution in [0.4, 0.5) is 5.95 Å². The molecule has 214 valence electrons. The Morgan fingerprint density at radius 2 is 1.68 bits per heavy atom. The molecule has 1 saturated carbocycles. The fourth-order valence-electron chi connectivity index (χ4n) is 6.50. The molecule has 2 heterocycles. The van der Waals surface area contributed by atoms with Crippen LogP contribution in [0.25, 0.3) is 11.3 Å². The molecule has 0 saturated heterocycles. The molecule has 3 aromatic rings. The summed E-state index contributed by atoms with van der Waals surface area (Å²) in [5, 5.41) is 0. The van der Waals surface area contributed by atoms with E-state index in [-0.39, 0.29) is 28.1 Å². The summed E-state index contributed by atoms with van der Waals surface area (Å²) in [6, 6.07) is 15.9. The monoisotopic (exact) mass is 562 g/mol. The van der Waals surface area contributed by atoms with E-state index in [4.69, 9.17) is 4.74 Å². The lowest BCUT2D eigenvalue weighted by Gasteiger charge is -2.47. The van der Waals surface area contributed by atoms with E-state index in [1.54, 1.807) is 6.07 Å². The number of hydrogen-bond donors (Lipinski definition) is 1. The van der Waals surface area contributed by atoms with E-state index >= 15 is 0 Å². The third-order valence-electron chi connectivity index (χ3n) is 8.43. The number of nitrogens with one attached hydrogen (secondary N) is 1. The van der Waals surface area contributed by atoms with E-state index in [1.807, 2.05) is 50.2 Å². The smallest absolute Gasteiger partial charge is 0.264 e. The van der Waals surface area contributed by atoms with E-state index in [9.17, 15) is 8.42 Å². The number of benzene rings is 2. The third-order valence-corrected chi connectivity index (χ3v) is 9.76. The van der Waals surface area contributed by atoms with Gasteiger partial charge in [0.1, 0.15) is 0 Å². The number of rotatable bonds is 4. The molecule has 8 heteroatoms. The van der Waals surface area contributed by atoms with Crippen LogP contribution in [-0.2, 0) is 10.0 Å². The molecule has 1 fully saturated rings. The number of aromatic nitrogens is 2. The molecule has 0 amide bonds. The molecule has 2 atom stereocenters. The zero-order valence-electron chi connectivity index (χ0n) is 24.7. The van der Waals surface area contributed by atoms with Crippen LogP contribution in [0.2, 0.25) is 0 Å². The van der Waals surface area contributed by atoms with E-state index in [0.717, 1.165) is 41.5 Å². The molecule has 40 heavy (non-hydrogen) atoms. The van der Waals surface area contributed by atoms with Crippen molar-refractivity contribution in [2.24, 2.45) is 17.3 Å². The molecular weight excluding hydrogens is 520 g/mol. The first-order valence-electron chi connectivity index (χ1n) is 14.2. The summed E-state index contributed by atoms with van der Waals surface area (Å²) < 4.78 is 36.4. The van der Waals surface area contributed by atoms with Gasteiger partial charge in [-0.05, 0) is 93.3 Å². The Morgan fingerprint density at radius 1 is 1.00 bits per heavy atom. The van der Waals surface area contributed by atoms with Crippen molar-refractivity contribution < 1.29 is 13.2 Å². The molecule has 5 rings (SSSR count). The van der Waals surface area contributed by atoms with Crippen molar-refractivity contribution >= 4 is 16.0 Å². The van der Waals surface area contributed by atoms with Crippen LogP contribution >= 0.6 is 0 Å². The number of sulfonamides is 1. The Bertz CT molecular complexity index is 1470. The highest BCUT2D eigenvalue weighted by molar-refractivity contribution is 7.92. The highest BCUT2D eigenvalue weighted by Gasteiger charge is 2.42. The van der Waals surface area contributed by atoms with Gasteiger partial charge in [0.05, 0.1) is 17.2 Å². The fraction of sp³-hybridized carbons (Fsp3) is 0.500. The van der Waals surface area contributed by atoms with Gasteiger partial charge in [0.15, 0.2) is 0 Å². The topological polar surface area (TPSA) is 84.4 Å². The molecule has 4 bridgehead atoms. The first-order valence-corrected chi connectivity index (χ1v) is 15.7. The summed E-state index contributed by atoms with van der Waals surface area (Å²) in [5.74, 6) is 1.19. The van der Waals surface area contributed by atoms with Gasteiger partial charge in [0.2, 0.25) is 11.8 Å². The van der Waals surface area contributed by atoms with Crippen LogP contribution in [0.3, 0.4) is 0 Å². The van der Waals surface area contributed by atoms with E-state index < -0.39 is 10.0 Å². The molecule has 2 aromatic carbocycles. The van der Waals surface area contributed by atoms with Gasteiger partial charge in [-0.3, -0.25) is 0 Å². The van der Waals surface area contributed by atoms with Crippen molar-refractivity contribution in [1.82, 2.24) is 14.9 Å². The summed E-state index contributed by atoms with van der Waals surface area (Å²) in [6.07, 6.45) is 3.11. The average Bonchev–Trinajstić information content (AvgIpc) is 2.82. The zero-order chi connectivity index (χ0) is 28.8. The van der Waals surface area contributed by atoms with Gasteiger partial charge in [-0.25, -0.2) is 18.1 Å². The molecule has 1 N–H and O–H groups in total. The fourth-order valence-corrected chi connectivity index (χ4v) is 7.50. The van der Waals surface area contributed by atoms with Crippen molar-refractivity contribution in [3.8, 4) is 17.1 Å². The van der Waals surface area contributed by atoms with Gasteiger partial charge >= 0.3 is 0 Å². The largest absolute Gasteiger partial charge is 0.477 e. The number of fused-ring (bicyclic) bond motifs is 4. The second-order valence-electron chi connectivity index (χ2n) is 13.1. The van der Waals surface area contributed by atoms with Crippen LogP contribution in [0.5, 0.6) is 5.88 Å². The molecule has 2 aliphatic rings. The van der Waals surface area contributed by atoms with Gasteiger partial charge in [-0.15, -0.1) is 0 Å². The second-order valence-corrected chi connectivity index (χ2v) is 14.8. The maximum Gasteiger partial charge on any atom is 0.264 e. The Morgan fingerprint density at radius 3 is 2.33 bits per heavy atom. The van der Waals surface area contributed by atoms with Crippen molar-refractivity contribution in [2.75, 3.05) is 25.4 Å². The van der Waals surface area contributed by atoms with Gasteiger partial charge in [0.25, 0.3) is 10.0 Å². The second kappa shape index (κ2) is 10.8. The Kier molecular flexibility index (Phi) is 7.70. The zero-order valence-corrected chi connectivity index (χ0v) is 25.5. The molecular formula is C32H42N4O3S. The van der Waals surface area contributed by atoms with E-state index in [2.05, 4.69) is 60.5 Å². The summed E-state index contributed by atoms with van der Waals surface area (Å²) in [7, 11) is 0.352. The highest BCUT2D eigenvalue weighted by atomic mass is 32.2. The molecule has 1 aliphatic heterocycles. The van der Waals surface area contributed by atoms with Crippen molar-refractivity contribution in [1.29, 1.82) is 0 Å². The number of hydrogen-bond acceptors (Lipinski definition) is 6. The van der Waals surface area contributed by atoms with Crippen molar-refractivity contribution in [2.45, 2.75) is 70.7 Å². The first-order chi connectivity index (χ1) is 18.8. The molecule has 0 spiro atoms. The maximum atomic E-state index is 13.6.